The lowest BCUT2D eigenvalue weighted by atomic mass is 10.0. The molecule has 0 unspecified atom stereocenters. The van der Waals surface area contributed by atoms with Gasteiger partial charge in [-0.2, -0.15) is 0 Å². The Balaban J connectivity index is 3.66. The van der Waals surface area contributed by atoms with E-state index in [1.807, 2.05) is 0 Å². The molecule has 0 aliphatic heterocycles. The highest BCUT2D eigenvalue weighted by atomic mass is 16.4. The van der Waals surface area contributed by atoms with Crippen molar-refractivity contribution >= 4 is 23.8 Å². The van der Waals surface area contributed by atoms with E-state index in [2.05, 4.69) is 17.6 Å². The third-order valence-corrected chi connectivity index (χ3v) is 5.94. The number of aliphatic carboxylic acids is 2. The Labute approximate surface area is 205 Å². The van der Waals surface area contributed by atoms with Crippen LogP contribution in [-0.2, 0) is 19.2 Å². The molecule has 0 radical (unpaired) electrons. The number of nitrogens with one attached hydrogen (secondary N) is 2. The summed E-state index contributed by atoms with van der Waals surface area (Å²) in [4.78, 5) is 45.7. The number of carboxylic acids is 2. The molecule has 0 saturated carbocycles. The van der Waals surface area contributed by atoms with Crippen molar-refractivity contribution in [3.8, 4) is 0 Å². The minimum atomic E-state index is -1.10. The molecule has 34 heavy (non-hydrogen) atoms. The molecule has 0 bridgehead atoms. The van der Waals surface area contributed by atoms with Gasteiger partial charge in [0.15, 0.2) is 0 Å². The van der Waals surface area contributed by atoms with E-state index in [4.69, 9.17) is 5.11 Å². The first-order chi connectivity index (χ1) is 16.4. The third-order valence-electron chi connectivity index (χ3n) is 5.94. The third kappa shape index (κ3) is 21.7. The predicted octanol–water partition coefficient (Wildman–Crippen LogP) is 5.19. The largest absolute Gasteiger partial charge is 0.481 e. The van der Waals surface area contributed by atoms with Crippen LogP contribution in [-0.4, -0.2) is 46.6 Å². The predicted molar refractivity (Wildman–Crippen MR) is 134 cm³/mol. The molecule has 0 heterocycles. The van der Waals surface area contributed by atoms with Crippen LogP contribution in [0, 0.1) is 0 Å². The first-order valence-corrected chi connectivity index (χ1v) is 13.4. The number of unbranched alkanes of at least 4 members (excludes halogenated alkanes) is 13. The van der Waals surface area contributed by atoms with E-state index in [0.29, 0.717) is 13.0 Å². The summed E-state index contributed by atoms with van der Waals surface area (Å²) in [6.45, 7) is 2.69. The number of hydrogen-bond acceptors (Lipinski definition) is 4. The Morgan fingerprint density at radius 3 is 1.59 bits per heavy atom. The summed E-state index contributed by atoms with van der Waals surface area (Å²) in [5.74, 6) is -2.25. The molecule has 8 nitrogen and oxygen atoms in total. The van der Waals surface area contributed by atoms with E-state index in [1.54, 1.807) is 0 Å². The smallest absolute Gasteiger partial charge is 0.326 e. The van der Waals surface area contributed by atoms with Crippen LogP contribution in [0.1, 0.15) is 129 Å². The van der Waals surface area contributed by atoms with Gasteiger partial charge >= 0.3 is 11.9 Å². The highest BCUT2D eigenvalue weighted by Crippen LogP contribution is 2.13. The van der Waals surface area contributed by atoms with Gasteiger partial charge in [0.05, 0.1) is 0 Å². The van der Waals surface area contributed by atoms with E-state index >= 15 is 0 Å². The number of carbonyl (C=O) groups excluding carboxylic acids is 2. The second-order valence-electron chi connectivity index (χ2n) is 9.19. The van der Waals surface area contributed by atoms with Crippen molar-refractivity contribution in [3.05, 3.63) is 0 Å². The van der Waals surface area contributed by atoms with E-state index in [-0.39, 0.29) is 31.1 Å². The molecular weight excluding hydrogens is 436 g/mol. The van der Waals surface area contributed by atoms with Crippen molar-refractivity contribution < 1.29 is 29.4 Å². The van der Waals surface area contributed by atoms with Gasteiger partial charge in [-0.15, -0.1) is 0 Å². The minimum absolute atomic E-state index is 0.0914. The maximum atomic E-state index is 12.1. The molecule has 0 aliphatic carbocycles. The van der Waals surface area contributed by atoms with Crippen LogP contribution in [0.2, 0.25) is 0 Å². The number of rotatable bonds is 24. The maximum Gasteiger partial charge on any atom is 0.326 e. The lowest BCUT2D eigenvalue weighted by molar-refractivity contribution is -0.142. The molecule has 8 heteroatoms. The van der Waals surface area contributed by atoms with Gasteiger partial charge in [-0.25, -0.2) is 4.79 Å². The molecular formula is C26H48N2O6. The normalized spacial score (nSPS) is 11.7. The fourth-order valence-corrected chi connectivity index (χ4v) is 3.82. The van der Waals surface area contributed by atoms with E-state index in [0.717, 1.165) is 64.2 Å². The van der Waals surface area contributed by atoms with Gasteiger partial charge in [0.1, 0.15) is 6.04 Å². The van der Waals surface area contributed by atoms with Gasteiger partial charge < -0.3 is 20.8 Å². The average Bonchev–Trinajstić information content (AvgIpc) is 2.79. The maximum absolute atomic E-state index is 12.1. The summed E-state index contributed by atoms with van der Waals surface area (Å²) < 4.78 is 0. The molecule has 0 aromatic rings. The molecule has 0 fully saturated rings. The number of carboxylic acid groups (broad SMARTS) is 2. The Morgan fingerprint density at radius 2 is 1.12 bits per heavy atom. The number of hydrogen-bond donors (Lipinski definition) is 4. The Kier molecular flexibility index (Phi) is 21.2. The van der Waals surface area contributed by atoms with Crippen molar-refractivity contribution in [1.29, 1.82) is 0 Å². The Bertz CT molecular complexity index is 567. The Hall–Kier alpha value is -2.12. The van der Waals surface area contributed by atoms with Crippen LogP contribution in [0.15, 0.2) is 0 Å². The van der Waals surface area contributed by atoms with Crippen molar-refractivity contribution in [2.45, 2.75) is 135 Å². The lowest BCUT2D eigenvalue weighted by Gasteiger charge is -2.14. The van der Waals surface area contributed by atoms with Gasteiger partial charge in [-0.1, -0.05) is 84.0 Å². The summed E-state index contributed by atoms with van der Waals surface area (Å²) in [5.41, 5.74) is 0. The zero-order valence-electron chi connectivity index (χ0n) is 21.2. The van der Waals surface area contributed by atoms with Crippen LogP contribution in [0.4, 0.5) is 0 Å². The van der Waals surface area contributed by atoms with Crippen LogP contribution < -0.4 is 10.6 Å². The highest BCUT2D eigenvalue weighted by molar-refractivity contribution is 5.84. The lowest BCUT2D eigenvalue weighted by Crippen LogP contribution is -2.41. The highest BCUT2D eigenvalue weighted by Gasteiger charge is 2.20. The molecule has 2 amide bonds. The molecule has 4 N–H and O–H groups in total. The van der Waals surface area contributed by atoms with Crippen molar-refractivity contribution in [2.75, 3.05) is 6.54 Å². The van der Waals surface area contributed by atoms with Crippen LogP contribution in [0.3, 0.4) is 0 Å². The van der Waals surface area contributed by atoms with Crippen LogP contribution in [0.25, 0.3) is 0 Å². The molecule has 0 aliphatic rings. The minimum Gasteiger partial charge on any atom is -0.481 e. The fraction of sp³-hybridized carbons (Fsp3) is 0.846. The van der Waals surface area contributed by atoms with Gasteiger partial charge in [0.25, 0.3) is 0 Å². The van der Waals surface area contributed by atoms with E-state index in [9.17, 15) is 24.3 Å². The second-order valence-corrected chi connectivity index (χ2v) is 9.19. The first kappa shape index (κ1) is 31.9. The van der Waals surface area contributed by atoms with Gasteiger partial charge in [0.2, 0.25) is 11.8 Å². The standard InChI is InChI=1S/C26H48N2O6/c1-2-3-16-21-27-23(29)20-19-22(26(33)34)28-24(30)17-14-12-10-8-6-4-5-7-9-11-13-15-18-25(31)32/h22H,2-21H2,1H3,(H,27,29)(H,28,30)(H,31,32)(H,33,34)/t22-/m0/s1. The second kappa shape index (κ2) is 22.7. The summed E-state index contributed by atoms with van der Waals surface area (Å²) in [6.07, 6.45) is 16.6. The van der Waals surface area contributed by atoms with Crippen molar-refractivity contribution in [3.63, 3.8) is 0 Å². The SMILES string of the molecule is CCCCCNC(=O)CC[C@H](NC(=O)CCCCCCCCCCCCCCC(=O)O)C(=O)O. The zero-order chi connectivity index (χ0) is 25.4. The molecule has 0 saturated heterocycles. The quantitative estimate of drug-likeness (QED) is 0.139. The van der Waals surface area contributed by atoms with Gasteiger partial charge in [-0.05, 0) is 25.7 Å². The summed E-state index contributed by atoms with van der Waals surface area (Å²) in [5, 5.41) is 23.2. The summed E-state index contributed by atoms with van der Waals surface area (Å²) >= 11 is 0. The molecule has 1 atom stereocenters. The topological polar surface area (TPSA) is 133 Å². The van der Waals surface area contributed by atoms with Crippen molar-refractivity contribution in [2.24, 2.45) is 0 Å². The molecule has 0 aromatic carbocycles. The summed E-state index contributed by atoms with van der Waals surface area (Å²) in [7, 11) is 0. The first-order valence-electron chi connectivity index (χ1n) is 13.4. The number of amides is 2. The van der Waals surface area contributed by atoms with E-state index < -0.39 is 18.0 Å². The van der Waals surface area contributed by atoms with E-state index in [1.165, 1.54) is 32.1 Å². The fourth-order valence-electron chi connectivity index (χ4n) is 3.82. The molecule has 0 rings (SSSR count). The van der Waals surface area contributed by atoms with Gasteiger partial charge in [0, 0.05) is 25.8 Å². The molecule has 198 valence electrons. The van der Waals surface area contributed by atoms with Gasteiger partial charge in [-0.3, -0.25) is 14.4 Å². The molecule has 0 spiro atoms. The summed E-state index contributed by atoms with van der Waals surface area (Å²) in [6, 6.07) is -1.02. The van der Waals surface area contributed by atoms with Crippen LogP contribution >= 0.6 is 0 Å². The zero-order valence-corrected chi connectivity index (χ0v) is 21.2. The molecule has 0 aromatic heterocycles. The number of carbonyl (C=O) groups is 4. The Morgan fingerprint density at radius 1 is 0.618 bits per heavy atom. The van der Waals surface area contributed by atoms with Crippen LogP contribution in [0.5, 0.6) is 0 Å². The average molecular weight is 485 g/mol. The van der Waals surface area contributed by atoms with Crippen molar-refractivity contribution in [1.82, 2.24) is 10.6 Å². The monoisotopic (exact) mass is 484 g/mol.